The van der Waals surface area contributed by atoms with Crippen molar-refractivity contribution < 1.29 is 9.90 Å². The van der Waals surface area contributed by atoms with Crippen LogP contribution in [0.4, 0.5) is 4.79 Å². The highest BCUT2D eigenvalue weighted by Crippen LogP contribution is 2.21. The first-order chi connectivity index (χ1) is 8.09. The molecule has 88 valence electrons. The minimum Gasteiger partial charge on any atom is -0.464 e. The molecule has 0 aliphatic heterocycles. The molecule has 0 unspecified atom stereocenters. The molecule has 2 aromatic rings. The van der Waals surface area contributed by atoms with Gasteiger partial charge in [-0.2, -0.15) is 0 Å². The van der Waals surface area contributed by atoms with Gasteiger partial charge in [0.15, 0.2) is 0 Å². The maximum Gasteiger partial charge on any atom is 0.424 e. The summed E-state index contributed by atoms with van der Waals surface area (Å²) in [5.74, 6) is 0.587. The molecule has 2 N–H and O–H groups in total. The van der Waals surface area contributed by atoms with Gasteiger partial charge in [0.2, 0.25) is 0 Å². The molecule has 2 rings (SSSR count). The molecule has 2 aromatic heterocycles. The molecule has 0 radical (unpaired) electrons. The smallest absolute Gasteiger partial charge is 0.424 e. The third-order valence-corrected chi connectivity index (χ3v) is 2.42. The fourth-order valence-electron chi connectivity index (χ4n) is 1.68. The lowest BCUT2D eigenvalue weighted by Gasteiger charge is -2.06. The van der Waals surface area contributed by atoms with Crippen LogP contribution in [-0.2, 0) is 0 Å². The van der Waals surface area contributed by atoms with Gasteiger partial charge in [-0.1, -0.05) is 0 Å². The zero-order valence-corrected chi connectivity index (χ0v) is 9.51. The number of aryl methyl sites for hydroxylation is 1. The number of amides is 1. The summed E-state index contributed by atoms with van der Waals surface area (Å²) in [6, 6.07) is 3.70. The fourth-order valence-corrected chi connectivity index (χ4v) is 1.68. The number of nitrogens with zero attached hydrogens (tertiary/aromatic N) is 3. The molecule has 0 spiro atoms. The zero-order valence-electron chi connectivity index (χ0n) is 9.51. The molecule has 0 aliphatic carbocycles. The Kier molecular flexibility index (Phi) is 2.78. The first kappa shape index (κ1) is 11.1. The summed E-state index contributed by atoms with van der Waals surface area (Å²) in [4.78, 5) is 19.0. The summed E-state index contributed by atoms with van der Waals surface area (Å²) in [6.07, 6.45) is 2.25. The van der Waals surface area contributed by atoms with Crippen LogP contribution in [-0.4, -0.2) is 25.8 Å². The van der Waals surface area contributed by atoms with E-state index in [0.717, 1.165) is 17.0 Å². The van der Waals surface area contributed by atoms with Crippen LogP contribution in [0.3, 0.4) is 0 Å². The molecule has 0 saturated heterocycles. The predicted octanol–water partition coefficient (Wildman–Crippen LogP) is 1.78. The third kappa shape index (κ3) is 2.10. The van der Waals surface area contributed by atoms with Crippen molar-refractivity contribution >= 4 is 6.09 Å². The zero-order chi connectivity index (χ0) is 12.4. The van der Waals surface area contributed by atoms with Crippen LogP contribution in [0.25, 0.3) is 11.3 Å². The minimum absolute atomic E-state index is 0.587. The molecule has 6 heteroatoms. The Morgan fingerprint density at radius 2 is 2.24 bits per heavy atom. The maximum absolute atomic E-state index is 10.6. The normalized spacial score (nSPS) is 10.2. The Balaban J connectivity index is 2.48. The van der Waals surface area contributed by atoms with E-state index in [-0.39, 0.29) is 0 Å². The van der Waals surface area contributed by atoms with Gasteiger partial charge in [-0.25, -0.2) is 19.9 Å². The molecule has 0 aliphatic rings. The molecule has 0 aromatic carbocycles. The number of pyridine rings is 1. The molecule has 0 bridgehead atoms. The van der Waals surface area contributed by atoms with Crippen LogP contribution >= 0.6 is 0 Å². The minimum atomic E-state index is -1.12. The third-order valence-electron chi connectivity index (χ3n) is 2.42. The average Bonchev–Trinajstić information content (AvgIpc) is 2.58. The summed E-state index contributed by atoms with van der Waals surface area (Å²) in [6.45, 7) is 3.54. The number of rotatable bonds is 2. The van der Waals surface area contributed by atoms with Crippen molar-refractivity contribution in [2.75, 3.05) is 5.43 Å². The first-order valence-electron chi connectivity index (χ1n) is 5.06. The van der Waals surface area contributed by atoms with E-state index in [1.807, 2.05) is 12.1 Å². The van der Waals surface area contributed by atoms with Crippen molar-refractivity contribution in [1.82, 2.24) is 14.6 Å². The first-order valence-corrected chi connectivity index (χ1v) is 5.06. The second-order valence-electron chi connectivity index (χ2n) is 3.59. The number of hydrogen-bond acceptors (Lipinski definition) is 3. The van der Waals surface area contributed by atoms with Gasteiger partial charge in [0.1, 0.15) is 5.82 Å². The summed E-state index contributed by atoms with van der Waals surface area (Å²) in [5, 5.41) is 8.72. The van der Waals surface area contributed by atoms with Gasteiger partial charge < -0.3 is 5.11 Å². The fraction of sp³-hybridized carbons (Fsp3) is 0.182. The van der Waals surface area contributed by atoms with Gasteiger partial charge in [0.25, 0.3) is 0 Å². The second-order valence-corrected chi connectivity index (χ2v) is 3.59. The molecule has 6 nitrogen and oxygen atoms in total. The van der Waals surface area contributed by atoms with Crippen molar-refractivity contribution in [1.29, 1.82) is 0 Å². The van der Waals surface area contributed by atoms with E-state index < -0.39 is 6.09 Å². The van der Waals surface area contributed by atoms with Gasteiger partial charge in [0, 0.05) is 18.0 Å². The van der Waals surface area contributed by atoms with Gasteiger partial charge in [-0.3, -0.25) is 4.98 Å². The predicted molar refractivity (Wildman–Crippen MR) is 62.3 cm³/mol. The number of nitrogens with one attached hydrogen (secondary N) is 1. The molecule has 17 heavy (non-hydrogen) atoms. The van der Waals surface area contributed by atoms with E-state index in [4.69, 9.17) is 5.11 Å². The van der Waals surface area contributed by atoms with E-state index in [1.54, 1.807) is 26.2 Å². The van der Waals surface area contributed by atoms with Crippen LogP contribution in [0.5, 0.6) is 0 Å². The standard InChI is InChI=1S/C11H12N4O2/c1-7-10(9-4-3-5-12-6-9)13-8(2)15(7)14-11(16)17/h3-6,14H,1-2H3,(H,16,17). The van der Waals surface area contributed by atoms with E-state index in [2.05, 4.69) is 15.4 Å². The number of aromatic nitrogens is 3. The monoisotopic (exact) mass is 232 g/mol. The van der Waals surface area contributed by atoms with Crippen molar-refractivity contribution in [2.24, 2.45) is 0 Å². The van der Waals surface area contributed by atoms with E-state index in [0.29, 0.717) is 5.82 Å². The van der Waals surface area contributed by atoms with E-state index >= 15 is 0 Å². The van der Waals surface area contributed by atoms with Crippen LogP contribution < -0.4 is 5.43 Å². The molecule has 2 heterocycles. The van der Waals surface area contributed by atoms with Crippen molar-refractivity contribution in [2.45, 2.75) is 13.8 Å². The number of carbonyl (C=O) groups is 1. The lowest BCUT2D eigenvalue weighted by molar-refractivity contribution is 0.206. The Morgan fingerprint density at radius 3 is 2.82 bits per heavy atom. The van der Waals surface area contributed by atoms with Crippen molar-refractivity contribution in [3.05, 3.63) is 36.0 Å². The Labute approximate surface area is 97.9 Å². The number of hydrogen-bond donors (Lipinski definition) is 2. The molecule has 0 saturated carbocycles. The molecule has 0 fully saturated rings. The Hall–Kier alpha value is -2.37. The molecule has 0 atom stereocenters. The molecular formula is C11H12N4O2. The number of imidazole rings is 1. The summed E-state index contributed by atoms with van der Waals surface area (Å²) >= 11 is 0. The highest BCUT2D eigenvalue weighted by Gasteiger charge is 2.13. The van der Waals surface area contributed by atoms with Crippen LogP contribution in [0.1, 0.15) is 11.5 Å². The highest BCUT2D eigenvalue weighted by molar-refractivity contribution is 5.74. The van der Waals surface area contributed by atoms with Crippen molar-refractivity contribution in [3.8, 4) is 11.3 Å². The van der Waals surface area contributed by atoms with Gasteiger partial charge in [-0.05, 0) is 26.0 Å². The summed E-state index contributed by atoms with van der Waals surface area (Å²) in [7, 11) is 0. The Morgan fingerprint density at radius 1 is 1.47 bits per heavy atom. The van der Waals surface area contributed by atoms with Gasteiger partial charge in [0.05, 0.1) is 11.4 Å². The van der Waals surface area contributed by atoms with Crippen LogP contribution in [0, 0.1) is 13.8 Å². The summed E-state index contributed by atoms with van der Waals surface area (Å²) < 4.78 is 1.44. The maximum atomic E-state index is 10.6. The SMILES string of the molecule is Cc1nc(-c2cccnc2)c(C)n1NC(=O)O. The highest BCUT2D eigenvalue weighted by atomic mass is 16.4. The molecular weight excluding hydrogens is 220 g/mol. The average molecular weight is 232 g/mol. The topological polar surface area (TPSA) is 80.0 Å². The van der Waals surface area contributed by atoms with Gasteiger partial charge in [-0.15, -0.1) is 0 Å². The Bertz CT molecular complexity index is 548. The summed E-state index contributed by atoms with van der Waals surface area (Å²) in [5.41, 5.74) is 4.60. The lowest BCUT2D eigenvalue weighted by Crippen LogP contribution is -2.22. The second kappa shape index (κ2) is 4.25. The van der Waals surface area contributed by atoms with E-state index in [9.17, 15) is 4.79 Å². The van der Waals surface area contributed by atoms with Crippen LogP contribution in [0.15, 0.2) is 24.5 Å². The quantitative estimate of drug-likeness (QED) is 0.827. The van der Waals surface area contributed by atoms with Crippen molar-refractivity contribution in [3.63, 3.8) is 0 Å². The lowest BCUT2D eigenvalue weighted by atomic mass is 10.2. The van der Waals surface area contributed by atoms with Crippen LogP contribution in [0.2, 0.25) is 0 Å². The molecule has 1 amide bonds. The van der Waals surface area contributed by atoms with Gasteiger partial charge >= 0.3 is 6.09 Å². The van der Waals surface area contributed by atoms with E-state index in [1.165, 1.54) is 4.68 Å². The largest absolute Gasteiger partial charge is 0.464 e. The number of carboxylic acid groups (broad SMARTS) is 1.